The quantitative estimate of drug-likeness (QED) is 0.894. The number of rotatable bonds is 4. The second-order valence-electron chi connectivity index (χ2n) is 4.26. The van der Waals surface area contributed by atoms with Crippen molar-refractivity contribution in [1.29, 1.82) is 0 Å². The van der Waals surface area contributed by atoms with Gasteiger partial charge in [0.15, 0.2) is 11.5 Å². The summed E-state index contributed by atoms with van der Waals surface area (Å²) in [7, 11) is 3.21. The molecule has 2 aromatic rings. The highest BCUT2D eigenvalue weighted by Gasteiger charge is 2.15. The first kappa shape index (κ1) is 15.2. The van der Waals surface area contributed by atoms with Gasteiger partial charge in [-0.1, -0.05) is 39.7 Å². The topological polar surface area (TPSA) is 44.5 Å². The third kappa shape index (κ3) is 3.08. The van der Waals surface area contributed by atoms with Gasteiger partial charge < -0.3 is 15.2 Å². The van der Waals surface area contributed by atoms with Gasteiger partial charge in [-0.25, -0.2) is 0 Å². The van der Waals surface area contributed by atoms with Gasteiger partial charge in [0.25, 0.3) is 0 Å². The zero-order valence-electron chi connectivity index (χ0n) is 11.2. The Labute approximate surface area is 131 Å². The van der Waals surface area contributed by atoms with Crippen LogP contribution in [0.1, 0.15) is 17.2 Å². The van der Waals surface area contributed by atoms with E-state index in [1.54, 1.807) is 14.2 Å². The van der Waals surface area contributed by atoms with E-state index in [1.165, 1.54) is 0 Å². The molecule has 2 rings (SSSR count). The molecule has 1 unspecified atom stereocenters. The molecule has 3 nitrogen and oxygen atoms in total. The number of ether oxygens (including phenoxy) is 2. The maximum Gasteiger partial charge on any atom is 0.161 e. The van der Waals surface area contributed by atoms with Crippen molar-refractivity contribution < 1.29 is 9.47 Å². The van der Waals surface area contributed by atoms with Gasteiger partial charge in [-0.05, 0) is 35.4 Å². The molecule has 0 heterocycles. The minimum Gasteiger partial charge on any atom is -0.493 e. The minimum atomic E-state index is -0.276. The van der Waals surface area contributed by atoms with Crippen LogP contribution in [0.5, 0.6) is 11.5 Å². The zero-order chi connectivity index (χ0) is 14.7. The molecule has 0 radical (unpaired) electrons. The molecule has 0 amide bonds. The van der Waals surface area contributed by atoms with Gasteiger partial charge in [0.05, 0.1) is 20.3 Å². The minimum absolute atomic E-state index is 0.276. The summed E-state index contributed by atoms with van der Waals surface area (Å²) >= 11 is 9.44. The Morgan fingerprint density at radius 1 is 1.05 bits per heavy atom. The highest BCUT2D eigenvalue weighted by Crippen LogP contribution is 2.34. The summed E-state index contributed by atoms with van der Waals surface area (Å²) in [6.07, 6.45) is 0. The normalized spacial score (nSPS) is 12.1. The second-order valence-corrected chi connectivity index (χ2v) is 5.55. The standard InChI is InChI=1S/C15H15BrClNO2/c1-19-13-6-3-9(7-14(13)20-2)15(18)11-5-4-10(17)8-12(11)16/h3-8,15H,18H2,1-2H3. The fourth-order valence-corrected chi connectivity index (χ4v) is 2.91. The largest absolute Gasteiger partial charge is 0.493 e. The molecule has 2 N–H and O–H groups in total. The number of nitrogens with two attached hydrogens (primary N) is 1. The summed E-state index contributed by atoms with van der Waals surface area (Å²) in [5, 5.41) is 0.667. The van der Waals surface area contributed by atoms with Crippen LogP contribution in [0, 0.1) is 0 Å². The number of halogens is 2. The summed E-state index contributed by atoms with van der Waals surface area (Å²) in [6, 6.07) is 10.9. The molecule has 5 heteroatoms. The molecule has 0 aromatic heterocycles. The highest BCUT2D eigenvalue weighted by atomic mass is 79.9. The molecule has 1 atom stereocenters. The van der Waals surface area contributed by atoms with Crippen LogP contribution < -0.4 is 15.2 Å². The van der Waals surface area contributed by atoms with Crippen molar-refractivity contribution in [2.24, 2.45) is 5.73 Å². The van der Waals surface area contributed by atoms with Crippen LogP contribution in [0.3, 0.4) is 0 Å². The van der Waals surface area contributed by atoms with Crippen molar-refractivity contribution in [3.05, 3.63) is 57.0 Å². The fourth-order valence-electron chi connectivity index (χ4n) is 1.98. The van der Waals surface area contributed by atoms with Crippen LogP contribution in [-0.4, -0.2) is 14.2 Å². The lowest BCUT2D eigenvalue weighted by Crippen LogP contribution is -2.12. The maximum absolute atomic E-state index is 6.31. The van der Waals surface area contributed by atoms with E-state index in [-0.39, 0.29) is 6.04 Å². The number of benzene rings is 2. The summed E-state index contributed by atoms with van der Waals surface area (Å²) in [5.74, 6) is 1.34. The van der Waals surface area contributed by atoms with Crippen molar-refractivity contribution in [1.82, 2.24) is 0 Å². The van der Waals surface area contributed by atoms with Crippen LogP contribution in [0.2, 0.25) is 5.02 Å². The Hall–Kier alpha value is -1.23. The van der Waals surface area contributed by atoms with E-state index in [1.807, 2.05) is 36.4 Å². The first-order chi connectivity index (χ1) is 9.56. The summed E-state index contributed by atoms with van der Waals surface area (Å²) in [4.78, 5) is 0. The molecule has 0 saturated carbocycles. The molecule has 0 aliphatic rings. The third-order valence-corrected chi connectivity index (χ3v) is 3.99. The Morgan fingerprint density at radius 2 is 1.75 bits per heavy atom. The van der Waals surface area contributed by atoms with Gasteiger partial charge in [-0.3, -0.25) is 0 Å². The monoisotopic (exact) mass is 355 g/mol. The van der Waals surface area contributed by atoms with E-state index in [4.69, 9.17) is 26.8 Å². The van der Waals surface area contributed by atoms with E-state index in [0.717, 1.165) is 15.6 Å². The lowest BCUT2D eigenvalue weighted by atomic mass is 9.99. The SMILES string of the molecule is COc1ccc(C(N)c2ccc(Cl)cc2Br)cc1OC. The maximum atomic E-state index is 6.31. The van der Waals surface area contributed by atoms with E-state index in [2.05, 4.69) is 15.9 Å². The van der Waals surface area contributed by atoms with Crippen molar-refractivity contribution in [3.63, 3.8) is 0 Å². The number of methoxy groups -OCH3 is 2. The average Bonchev–Trinajstić information content (AvgIpc) is 2.45. The Balaban J connectivity index is 2.40. The second kappa shape index (κ2) is 6.48. The Morgan fingerprint density at radius 3 is 2.35 bits per heavy atom. The molecule has 106 valence electrons. The highest BCUT2D eigenvalue weighted by molar-refractivity contribution is 9.10. The summed E-state index contributed by atoms with van der Waals surface area (Å²) < 4.78 is 11.4. The zero-order valence-corrected chi connectivity index (χ0v) is 13.5. The molecule has 0 bridgehead atoms. The summed E-state index contributed by atoms with van der Waals surface area (Å²) in [6.45, 7) is 0. The molecule has 0 aliphatic carbocycles. The third-order valence-electron chi connectivity index (χ3n) is 3.06. The number of hydrogen-bond acceptors (Lipinski definition) is 3. The first-order valence-corrected chi connectivity index (χ1v) is 7.16. The predicted molar refractivity (Wildman–Crippen MR) is 84.7 cm³/mol. The lowest BCUT2D eigenvalue weighted by molar-refractivity contribution is 0.354. The van der Waals surface area contributed by atoms with Gasteiger partial charge in [0.2, 0.25) is 0 Å². The molecule has 20 heavy (non-hydrogen) atoms. The van der Waals surface area contributed by atoms with Gasteiger partial charge in [0, 0.05) is 9.50 Å². The van der Waals surface area contributed by atoms with E-state index < -0.39 is 0 Å². The number of hydrogen-bond donors (Lipinski definition) is 1. The van der Waals surface area contributed by atoms with Crippen molar-refractivity contribution >= 4 is 27.5 Å². The Kier molecular flexibility index (Phi) is 4.91. The van der Waals surface area contributed by atoms with Crippen LogP contribution in [0.25, 0.3) is 0 Å². The van der Waals surface area contributed by atoms with Crippen molar-refractivity contribution in [2.45, 2.75) is 6.04 Å². The van der Waals surface area contributed by atoms with Gasteiger partial charge in [0.1, 0.15) is 0 Å². The molecule has 0 fully saturated rings. The van der Waals surface area contributed by atoms with Crippen LogP contribution in [0.4, 0.5) is 0 Å². The molecule has 0 saturated heterocycles. The van der Waals surface area contributed by atoms with E-state index in [9.17, 15) is 0 Å². The molecule has 0 spiro atoms. The van der Waals surface area contributed by atoms with Crippen molar-refractivity contribution in [2.75, 3.05) is 14.2 Å². The van der Waals surface area contributed by atoms with E-state index >= 15 is 0 Å². The van der Waals surface area contributed by atoms with Gasteiger partial charge in [-0.15, -0.1) is 0 Å². The summed E-state index contributed by atoms with van der Waals surface area (Å²) in [5.41, 5.74) is 8.21. The molecule has 2 aromatic carbocycles. The van der Waals surface area contributed by atoms with Crippen molar-refractivity contribution in [3.8, 4) is 11.5 Å². The first-order valence-electron chi connectivity index (χ1n) is 5.99. The average molecular weight is 357 g/mol. The predicted octanol–water partition coefficient (Wildman–Crippen LogP) is 4.17. The van der Waals surface area contributed by atoms with Crippen LogP contribution in [-0.2, 0) is 0 Å². The molecule has 0 aliphatic heterocycles. The van der Waals surface area contributed by atoms with E-state index in [0.29, 0.717) is 16.5 Å². The molecular weight excluding hydrogens is 342 g/mol. The van der Waals surface area contributed by atoms with Crippen LogP contribution in [0.15, 0.2) is 40.9 Å². The smallest absolute Gasteiger partial charge is 0.161 e. The fraction of sp³-hybridized carbons (Fsp3) is 0.200. The molecular formula is C15H15BrClNO2. The van der Waals surface area contributed by atoms with Gasteiger partial charge >= 0.3 is 0 Å². The van der Waals surface area contributed by atoms with Crippen LogP contribution >= 0.6 is 27.5 Å². The lowest BCUT2D eigenvalue weighted by Gasteiger charge is -2.16. The Bertz CT molecular complexity index is 619. The van der Waals surface area contributed by atoms with Gasteiger partial charge in [-0.2, -0.15) is 0 Å².